The van der Waals surface area contributed by atoms with Gasteiger partial charge in [0.25, 0.3) is 0 Å². The molecule has 0 unspecified atom stereocenters. The second-order valence-electron chi connectivity index (χ2n) is 16.8. The molecule has 1 heterocycles. The molecule has 2 heteroatoms. The van der Waals surface area contributed by atoms with Crippen LogP contribution in [0.2, 0.25) is 0 Å². The van der Waals surface area contributed by atoms with Crippen molar-refractivity contribution in [3.8, 4) is 56.2 Å². The van der Waals surface area contributed by atoms with Gasteiger partial charge in [0.2, 0.25) is 0 Å². The van der Waals surface area contributed by atoms with Gasteiger partial charge in [0.05, 0.1) is 11.4 Å². The lowest BCUT2D eigenvalue weighted by Crippen LogP contribution is -1.97. The van der Waals surface area contributed by atoms with E-state index >= 15 is 0 Å². The molecule has 0 fully saturated rings. The fourth-order valence-electron chi connectivity index (χ4n) is 10.2. The van der Waals surface area contributed by atoms with E-state index in [-0.39, 0.29) is 0 Å². The van der Waals surface area contributed by atoms with E-state index in [1.165, 1.54) is 86.7 Å². The Labute approximate surface area is 370 Å². The van der Waals surface area contributed by atoms with E-state index in [0.717, 1.165) is 39.0 Å². The fourth-order valence-corrected chi connectivity index (χ4v) is 10.2. The number of aromatic nitrogens is 2. The molecular weight excluding hydrogens is 773 g/mol. The van der Waals surface area contributed by atoms with Crippen LogP contribution in [0.5, 0.6) is 0 Å². The Bertz CT molecular complexity index is 3980. The van der Waals surface area contributed by atoms with Crippen LogP contribution >= 0.6 is 0 Å². The maximum Gasteiger partial charge on any atom is 0.160 e. The molecule has 0 spiro atoms. The summed E-state index contributed by atoms with van der Waals surface area (Å²) in [5, 5.41) is 17.4. The minimum Gasteiger partial charge on any atom is -0.228 e. The molecular formula is C62H38N2. The van der Waals surface area contributed by atoms with Crippen molar-refractivity contribution in [3.63, 3.8) is 0 Å². The highest BCUT2D eigenvalue weighted by atomic mass is 14.9. The first kappa shape index (κ1) is 36.2. The van der Waals surface area contributed by atoms with Gasteiger partial charge in [0.1, 0.15) is 0 Å². The SMILES string of the molecule is c1ccc(-c2ccc(-c3cc(-c4cc5c6ccccc6c6ccccc6c5c5ccccc45)nc(-c4ccc(-c5c6ccccc6cc6c5ccc5ccccc56)cc4)n3)cc2)cc1. The minimum atomic E-state index is 0.688. The summed E-state index contributed by atoms with van der Waals surface area (Å²) in [4.78, 5) is 10.8. The summed E-state index contributed by atoms with van der Waals surface area (Å²) in [5.41, 5.74) is 9.61. The summed E-state index contributed by atoms with van der Waals surface area (Å²) in [6.07, 6.45) is 0. The van der Waals surface area contributed by atoms with E-state index in [9.17, 15) is 0 Å². The van der Waals surface area contributed by atoms with Gasteiger partial charge in [-0.1, -0.05) is 212 Å². The van der Waals surface area contributed by atoms with Gasteiger partial charge in [-0.2, -0.15) is 0 Å². The summed E-state index contributed by atoms with van der Waals surface area (Å²) in [6, 6.07) is 83.5. The molecule has 1 aromatic heterocycles. The van der Waals surface area contributed by atoms with Crippen LogP contribution in [-0.4, -0.2) is 9.97 Å². The third-order valence-electron chi connectivity index (χ3n) is 13.2. The monoisotopic (exact) mass is 810 g/mol. The topological polar surface area (TPSA) is 25.8 Å². The quantitative estimate of drug-likeness (QED) is 0.128. The van der Waals surface area contributed by atoms with Gasteiger partial charge in [-0.25, -0.2) is 9.97 Å². The summed E-state index contributed by atoms with van der Waals surface area (Å²) < 4.78 is 0. The van der Waals surface area contributed by atoms with Crippen molar-refractivity contribution in [1.29, 1.82) is 0 Å². The number of rotatable bonds is 5. The standard InChI is InChI=1S/C62H38N2/c1-2-14-39(15-3-1)40-26-28-42(29-27-40)58-38-59(56-37-57-50-22-9-8-20-48(50)49-21-10-12-24-52(49)61(57)53-25-13-11-23-51(53)56)64-62(63-58)44-32-30-43(31-33-44)60-47-19-7-5-17-45(47)36-55-46-18-6-4-16-41(46)34-35-54(55)60/h1-38H. The molecule has 0 saturated carbocycles. The van der Waals surface area contributed by atoms with Gasteiger partial charge in [-0.05, 0) is 116 Å². The molecule has 0 atom stereocenters. The Morgan fingerprint density at radius 1 is 0.234 bits per heavy atom. The molecule has 296 valence electrons. The number of hydrogen-bond acceptors (Lipinski definition) is 2. The molecule has 13 rings (SSSR count). The lowest BCUT2D eigenvalue weighted by molar-refractivity contribution is 1.19. The van der Waals surface area contributed by atoms with E-state index in [2.05, 4.69) is 231 Å². The molecule has 12 aromatic carbocycles. The Hall–Kier alpha value is -8.46. The van der Waals surface area contributed by atoms with Gasteiger partial charge < -0.3 is 0 Å². The molecule has 0 saturated heterocycles. The molecule has 0 aliphatic heterocycles. The summed E-state index contributed by atoms with van der Waals surface area (Å²) in [6.45, 7) is 0. The van der Waals surface area contributed by atoms with Crippen LogP contribution in [0.3, 0.4) is 0 Å². The number of hydrogen-bond donors (Lipinski definition) is 0. The zero-order valence-corrected chi connectivity index (χ0v) is 34.8. The minimum absolute atomic E-state index is 0.688. The smallest absolute Gasteiger partial charge is 0.160 e. The zero-order chi connectivity index (χ0) is 42.1. The highest BCUT2D eigenvalue weighted by Crippen LogP contribution is 2.44. The van der Waals surface area contributed by atoms with Crippen molar-refractivity contribution < 1.29 is 0 Å². The molecule has 0 aliphatic carbocycles. The van der Waals surface area contributed by atoms with Crippen molar-refractivity contribution in [2.24, 2.45) is 0 Å². The van der Waals surface area contributed by atoms with Crippen molar-refractivity contribution in [2.45, 2.75) is 0 Å². The first-order valence-electron chi connectivity index (χ1n) is 22.0. The van der Waals surface area contributed by atoms with Gasteiger partial charge in [0, 0.05) is 16.7 Å². The van der Waals surface area contributed by atoms with Crippen LogP contribution in [0.1, 0.15) is 0 Å². The Morgan fingerprint density at radius 3 is 1.47 bits per heavy atom. The number of benzene rings is 12. The van der Waals surface area contributed by atoms with Crippen LogP contribution in [0.15, 0.2) is 231 Å². The molecule has 0 radical (unpaired) electrons. The molecule has 0 N–H and O–H groups in total. The van der Waals surface area contributed by atoms with Crippen LogP contribution in [0, 0.1) is 0 Å². The second kappa shape index (κ2) is 14.6. The predicted octanol–water partition coefficient (Wildman–Crippen LogP) is 16.9. The largest absolute Gasteiger partial charge is 0.228 e. The summed E-state index contributed by atoms with van der Waals surface area (Å²) >= 11 is 0. The third-order valence-corrected chi connectivity index (χ3v) is 13.2. The Kier molecular flexibility index (Phi) is 8.25. The fraction of sp³-hybridized carbons (Fsp3) is 0. The van der Waals surface area contributed by atoms with E-state index in [1.54, 1.807) is 0 Å². The lowest BCUT2D eigenvalue weighted by atomic mass is 9.88. The van der Waals surface area contributed by atoms with Crippen LogP contribution < -0.4 is 0 Å². The van der Waals surface area contributed by atoms with Crippen LogP contribution in [-0.2, 0) is 0 Å². The van der Waals surface area contributed by atoms with Crippen molar-refractivity contribution in [2.75, 3.05) is 0 Å². The average Bonchev–Trinajstić information content (AvgIpc) is 3.38. The molecule has 0 bridgehead atoms. The van der Waals surface area contributed by atoms with Crippen LogP contribution in [0.25, 0.3) is 132 Å². The second-order valence-corrected chi connectivity index (χ2v) is 16.8. The van der Waals surface area contributed by atoms with E-state index in [1.807, 2.05) is 0 Å². The molecule has 2 nitrogen and oxygen atoms in total. The maximum absolute atomic E-state index is 5.49. The van der Waals surface area contributed by atoms with Crippen molar-refractivity contribution in [3.05, 3.63) is 231 Å². The highest BCUT2D eigenvalue weighted by Gasteiger charge is 2.19. The Balaban J connectivity index is 1.03. The van der Waals surface area contributed by atoms with Gasteiger partial charge in [-0.15, -0.1) is 0 Å². The summed E-state index contributed by atoms with van der Waals surface area (Å²) in [7, 11) is 0. The third kappa shape index (κ3) is 5.81. The summed E-state index contributed by atoms with van der Waals surface area (Å²) in [5.74, 6) is 0.688. The van der Waals surface area contributed by atoms with Crippen molar-refractivity contribution in [1.82, 2.24) is 9.97 Å². The van der Waals surface area contributed by atoms with Gasteiger partial charge in [-0.3, -0.25) is 0 Å². The van der Waals surface area contributed by atoms with Gasteiger partial charge >= 0.3 is 0 Å². The lowest BCUT2D eigenvalue weighted by Gasteiger charge is -2.17. The Morgan fingerprint density at radius 2 is 0.734 bits per heavy atom. The first-order valence-corrected chi connectivity index (χ1v) is 22.0. The van der Waals surface area contributed by atoms with E-state index < -0.39 is 0 Å². The molecule has 0 amide bonds. The number of fused-ring (bicyclic) bond motifs is 12. The van der Waals surface area contributed by atoms with E-state index in [4.69, 9.17) is 9.97 Å². The highest BCUT2D eigenvalue weighted by molar-refractivity contribution is 6.33. The molecule has 0 aliphatic rings. The van der Waals surface area contributed by atoms with E-state index in [0.29, 0.717) is 5.82 Å². The average molecular weight is 811 g/mol. The molecule has 13 aromatic rings. The van der Waals surface area contributed by atoms with Gasteiger partial charge in [0.15, 0.2) is 5.82 Å². The normalized spacial score (nSPS) is 11.8. The predicted molar refractivity (Wildman–Crippen MR) is 272 cm³/mol. The first-order chi connectivity index (χ1) is 31.7. The zero-order valence-electron chi connectivity index (χ0n) is 34.8. The maximum atomic E-state index is 5.49. The van der Waals surface area contributed by atoms with Crippen molar-refractivity contribution >= 4 is 75.4 Å². The molecule has 64 heavy (non-hydrogen) atoms. The number of nitrogens with zero attached hydrogens (tertiary/aromatic N) is 2. The van der Waals surface area contributed by atoms with Crippen LogP contribution in [0.4, 0.5) is 0 Å².